The van der Waals surface area contributed by atoms with Crippen molar-refractivity contribution in [1.29, 1.82) is 0 Å². The van der Waals surface area contributed by atoms with Gasteiger partial charge in [-0.05, 0) is 6.42 Å². The van der Waals surface area contributed by atoms with E-state index < -0.39 is 11.9 Å². The first-order valence-electron chi connectivity index (χ1n) is 5.06. The summed E-state index contributed by atoms with van der Waals surface area (Å²) in [4.78, 5) is 24.0. The molecule has 6 nitrogen and oxygen atoms in total. The monoisotopic (exact) mass is 224 g/mol. The molecular formula is C10H12N2O4. The molecule has 1 N–H and O–H groups in total. The third kappa shape index (κ3) is 2.21. The van der Waals surface area contributed by atoms with Gasteiger partial charge in [-0.1, -0.05) is 5.16 Å². The van der Waals surface area contributed by atoms with E-state index in [9.17, 15) is 9.59 Å². The third-order valence-corrected chi connectivity index (χ3v) is 2.71. The summed E-state index contributed by atoms with van der Waals surface area (Å²) < 4.78 is 4.62. The summed E-state index contributed by atoms with van der Waals surface area (Å²) in [6.07, 6.45) is 2.11. The van der Waals surface area contributed by atoms with Gasteiger partial charge in [-0.2, -0.15) is 0 Å². The lowest BCUT2D eigenvalue weighted by molar-refractivity contribution is -0.141. The minimum Gasteiger partial charge on any atom is -0.481 e. The van der Waals surface area contributed by atoms with Crippen molar-refractivity contribution in [3.05, 3.63) is 18.0 Å². The standard InChI is InChI=1S/C10H12N2O4/c13-9(5-8-2-4-16-11-8)12-3-1-7(6-12)10(14)15/h2,4,7H,1,3,5-6H2,(H,14,15). The number of aliphatic carboxylic acids is 1. The molecule has 2 rings (SSSR count). The van der Waals surface area contributed by atoms with Crippen LogP contribution in [0.25, 0.3) is 0 Å². The summed E-state index contributed by atoms with van der Waals surface area (Å²) in [5, 5.41) is 12.4. The molecule has 1 unspecified atom stereocenters. The van der Waals surface area contributed by atoms with Crippen molar-refractivity contribution in [2.75, 3.05) is 13.1 Å². The van der Waals surface area contributed by atoms with Crippen molar-refractivity contribution < 1.29 is 19.2 Å². The van der Waals surface area contributed by atoms with Crippen molar-refractivity contribution >= 4 is 11.9 Å². The minimum atomic E-state index is -0.836. The molecule has 16 heavy (non-hydrogen) atoms. The van der Waals surface area contributed by atoms with E-state index in [1.807, 2.05) is 0 Å². The summed E-state index contributed by atoms with van der Waals surface area (Å²) >= 11 is 0. The second-order valence-corrected chi connectivity index (χ2v) is 3.83. The smallest absolute Gasteiger partial charge is 0.308 e. The lowest BCUT2D eigenvalue weighted by Crippen LogP contribution is -2.31. The molecule has 1 atom stereocenters. The lowest BCUT2D eigenvalue weighted by Gasteiger charge is -2.14. The Hall–Kier alpha value is -1.85. The Morgan fingerprint density at radius 3 is 3.00 bits per heavy atom. The van der Waals surface area contributed by atoms with Crippen LogP contribution in [-0.4, -0.2) is 40.1 Å². The van der Waals surface area contributed by atoms with E-state index in [0.717, 1.165) is 0 Å². The zero-order valence-electron chi connectivity index (χ0n) is 8.63. The minimum absolute atomic E-state index is 0.0994. The van der Waals surface area contributed by atoms with Gasteiger partial charge in [-0.15, -0.1) is 0 Å². The number of amides is 1. The van der Waals surface area contributed by atoms with Gasteiger partial charge in [0.25, 0.3) is 0 Å². The van der Waals surface area contributed by atoms with Crippen LogP contribution < -0.4 is 0 Å². The molecule has 1 amide bonds. The molecule has 0 bridgehead atoms. The van der Waals surface area contributed by atoms with Crippen molar-refractivity contribution in [3.63, 3.8) is 0 Å². The van der Waals surface area contributed by atoms with Crippen LogP contribution in [0, 0.1) is 5.92 Å². The quantitative estimate of drug-likeness (QED) is 0.790. The molecule has 0 aromatic carbocycles. The maximum Gasteiger partial charge on any atom is 0.308 e. The van der Waals surface area contributed by atoms with Crippen molar-refractivity contribution in [1.82, 2.24) is 10.1 Å². The normalized spacial score (nSPS) is 20.0. The number of likely N-dealkylation sites (tertiary alicyclic amines) is 1. The number of hydrogen-bond donors (Lipinski definition) is 1. The van der Waals surface area contributed by atoms with Gasteiger partial charge in [-0.25, -0.2) is 0 Å². The highest BCUT2D eigenvalue weighted by Crippen LogP contribution is 2.17. The highest BCUT2D eigenvalue weighted by molar-refractivity contribution is 5.80. The Labute approximate surface area is 91.8 Å². The fraction of sp³-hybridized carbons (Fsp3) is 0.500. The number of carbonyl (C=O) groups excluding carboxylic acids is 1. The number of carbonyl (C=O) groups is 2. The van der Waals surface area contributed by atoms with Crippen molar-refractivity contribution in [2.24, 2.45) is 5.92 Å². The van der Waals surface area contributed by atoms with E-state index in [0.29, 0.717) is 25.2 Å². The molecule has 2 heterocycles. The first-order valence-corrected chi connectivity index (χ1v) is 5.06. The first kappa shape index (κ1) is 10.7. The van der Waals surface area contributed by atoms with E-state index in [1.165, 1.54) is 6.26 Å². The first-order chi connectivity index (χ1) is 7.66. The van der Waals surface area contributed by atoms with Crippen LogP contribution in [0.15, 0.2) is 16.9 Å². The molecule has 86 valence electrons. The maximum absolute atomic E-state index is 11.7. The van der Waals surface area contributed by atoms with Crippen molar-refractivity contribution in [3.8, 4) is 0 Å². The summed E-state index contributed by atoms with van der Waals surface area (Å²) in [6, 6.07) is 1.63. The van der Waals surface area contributed by atoms with Crippen LogP contribution in [0.4, 0.5) is 0 Å². The number of hydrogen-bond acceptors (Lipinski definition) is 4. The highest BCUT2D eigenvalue weighted by Gasteiger charge is 2.30. The van der Waals surface area contributed by atoms with Gasteiger partial charge in [-0.3, -0.25) is 9.59 Å². The zero-order chi connectivity index (χ0) is 11.5. The molecule has 1 fully saturated rings. The molecule has 1 saturated heterocycles. The molecule has 1 aromatic heterocycles. The molecule has 1 aliphatic heterocycles. The van der Waals surface area contributed by atoms with E-state index in [2.05, 4.69) is 9.68 Å². The Bertz CT molecular complexity index is 388. The molecule has 0 aliphatic carbocycles. The van der Waals surface area contributed by atoms with Crippen LogP contribution in [0.3, 0.4) is 0 Å². The molecule has 0 spiro atoms. The van der Waals surface area contributed by atoms with Crippen LogP contribution in [0.1, 0.15) is 12.1 Å². The second kappa shape index (κ2) is 4.34. The van der Waals surface area contributed by atoms with E-state index in [4.69, 9.17) is 5.11 Å². The van der Waals surface area contributed by atoms with Gasteiger partial charge in [0, 0.05) is 19.2 Å². The fourth-order valence-electron chi connectivity index (χ4n) is 1.78. The maximum atomic E-state index is 11.7. The van der Waals surface area contributed by atoms with Gasteiger partial charge in [0.05, 0.1) is 18.0 Å². The molecule has 1 aliphatic rings. The number of nitrogens with zero attached hydrogens (tertiary/aromatic N) is 2. The molecule has 6 heteroatoms. The summed E-state index contributed by atoms with van der Waals surface area (Å²) in [5.41, 5.74) is 0.573. The van der Waals surface area contributed by atoms with Gasteiger partial charge in [0.15, 0.2) is 0 Å². The predicted molar refractivity (Wildman–Crippen MR) is 52.5 cm³/mol. The summed E-state index contributed by atoms with van der Waals surface area (Å²) in [5.74, 6) is -1.37. The van der Waals surface area contributed by atoms with Gasteiger partial charge >= 0.3 is 5.97 Å². The van der Waals surface area contributed by atoms with E-state index in [-0.39, 0.29) is 12.3 Å². The SMILES string of the molecule is O=C(O)C1CCN(C(=O)Cc2ccon2)C1. The average Bonchev–Trinajstić information content (AvgIpc) is 2.86. The Balaban J connectivity index is 1.90. The van der Waals surface area contributed by atoms with Crippen molar-refractivity contribution in [2.45, 2.75) is 12.8 Å². The largest absolute Gasteiger partial charge is 0.481 e. The number of rotatable bonds is 3. The van der Waals surface area contributed by atoms with Crippen LogP contribution in [0.2, 0.25) is 0 Å². The third-order valence-electron chi connectivity index (χ3n) is 2.71. The molecule has 1 aromatic rings. The Kier molecular flexibility index (Phi) is 2.89. The van der Waals surface area contributed by atoms with Crippen LogP contribution in [-0.2, 0) is 16.0 Å². The summed E-state index contributed by atoms with van der Waals surface area (Å²) in [7, 11) is 0. The Morgan fingerprint density at radius 2 is 2.44 bits per heavy atom. The van der Waals surface area contributed by atoms with Crippen LogP contribution in [0.5, 0.6) is 0 Å². The fourth-order valence-corrected chi connectivity index (χ4v) is 1.78. The van der Waals surface area contributed by atoms with Crippen LogP contribution >= 0.6 is 0 Å². The predicted octanol–water partition coefficient (Wildman–Crippen LogP) is 0.150. The lowest BCUT2D eigenvalue weighted by atomic mass is 10.1. The average molecular weight is 224 g/mol. The Morgan fingerprint density at radius 1 is 1.62 bits per heavy atom. The molecular weight excluding hydrogens is 212 g/mol. The van der Waals surface area contributed by atoms with E-state index in [1.54, 1.807) is 11.0 Å². The topological polar surface area (TPSA) is 83.6 Å². The van der Waals surface area contributed by atoms with E-state index >= 15 is 0 Å². The number of carboxylic acids is 1. The molecule has 0 saturated carbocycles. The van der Waals surface area contributed by atoms with Gasteiger partial charge in [0.2, 0.25) is 5.91 Å². The highest BCUT2D eigenvalue weighted by atomic mass is 16.5. The molecule has 0 radical (unpaired) electrons. The number of carboxylic acid groups (broad SMARTS) is 1. The summed E-state index contributed by atoms with van der Waals surface area (Å²) in [6.45, 7) is 0.805. The van der Waals surface area contributed by atoms with Gasteiger partial charge < -0.3 is 14.5 Å². The zero-order valence-corrected chi connectivity index (χ0v) is 8.63. The second-order valence-electron chi connectivity index (χ2n) is 3.83. The van der Waals surface area contributed by atoms with Gasteiger partial charge in [0.1, 0.15) is 6.26 Å². The number of aromatic nitrogens is 1.